The summed E-state index contributed by atoms with van der Waals surface area (Å²) in [6.07, 6.45) is -3.49. The van der Waals surface area contributed by atoms with Gasteiger partial charge >= 0.3 is 12.2 Å². The molecular formula is C20H15F3N2O5. The molecule has 7 nitrogen and oxygen atoms in total. The molecule has 0 aromatic heterocycles. The Hall–Kier alpha value is -3.82. The lowest BCUT2D eigenvalue weighted by molar-refractivity contribution is -0.137. The number of barbiturate groups is 1. The quantitative estimate of drug-likeness (QED) is 0.606. The normalized spacial score (nSPS) is 16.0. The van der Waals surface area contributed by atoms with Gasteiger partial charge in [-0.2, -0.15) is 13.2 Å². The van der Waals surface area contributed by atoms with Crippen LogP contribution in [0, 0.1) is 0 Å². The van der Waals surface area contributed by atoms with Crippen LogP contribution in [0.15, 0.2) is 48.0 Å². The van der Waals surface area contributed by atoms with Crippen molar-refractivity contribution in [1.29, 1.82) is 0 Å². The molecule has 0 saturated carbocycles. The van der Waals surface area contributed by atoms with Crippen molar-refractivity contribution in [3.05, 3.63) is 59.2 Å². The Morgan fingerprint density at radius 3 is 2.37 bits per heavy atom. The van der Waals surface area contributed by atoms with E-state index in [4.69, 9.17) is 9.47 Å². The Kier molecular flexibility index (Phi) is 5.50. The van der Waals surface area contributed by atoms with Gasteiger partial charge in [-0.25, -0.2) is 9.69 Å². The second kappa shape index (κ2) is 7.90. The van der Waals surface area contributed by atoms with Crippen molar-refractivity contribution in [3.8, 4) is 11.5 Å². The van der Waals surface area contributed by atoms with Crippen molar-refractivity contribution < 1.29 is 37.0 Å². The van der Waals surface area contributed by atoms with Crippen LogP contribution in [0.4, 0.5) is 23.7 Å². The first-order valence-corrected chi connectivity index (χ1v) is 8.46. The van der Waals surface area contributed by atoms with E-state index in [1.165, 1.54) is 32.4 Å². The van der Waals surface area contributed by atoms with Crippen LogP contribution in [0.25, 0.3) is 6.08 Å². The summed E-state index contributed by atoms with van der Waals surface area (Å²) in [5.41, 5.74) is -1.49. The van der Waals surface area contributed by atoms with E-state index in [9.17, 15) is 27.6 Å². The summed E-state index contributed by atoms with van der Waals surface area (Å²) in [7, 11) is 2.82. The van der Waals surface area contributed by atoms with Gasteiger partial charge in [0.15, 0.2) is 0 Å². The summed E-state index contributed by atoms with van der Waals surface area (Å²) >= 11 is 0. The lowest BCUT2D eigenvalue weighted by atomic mass is 10.1. The lowest BCUT2D eigenvalue weighted by Crippen LogP contribution is -2.54. The van der Waals surface area contributed by atoms with E-state index in [0.29, 0.717) is 22.3 Å². The number of carbonyl (C=O) groups is 3. The fourth-order valence-electron chi connectivity index (χ4n) is 2.81. The molecular weight excluding hydrogens is 405 g/mol. The average Bonchev–Trinajstić information content (AvgIpc) is 2.70. The molecule has 2 aromatic carbocycles. The monoisotopic (exact) mass is 420 g/mol. The number of anilines is 1. The number of benzene rings is 2. The number of halogens is 3. The molecule has 0 bridgehead atoms. The van der Waals surface area contributed by atoms with Crippen molar-refractivity contribution >= 4 is 29.6 Å². The van der Waals surface area contributed by atoms with Crippen LogP contribution in [-0.2, 0) is 15.8 Å². The van der Waals surface area contributed by atoms with Crippen LogP contribution in [-0.4, -0.2) is 32.1 Å². The van der Waals surface area contributed by atoms with Crippen LogP contribution in [0.3, 0.4) is 0 Å². The fraction of sp³-hybridized carbons (Fsp3) is 0.150. The van der Waals surface area contributed by atoms with Gasteiger partial charge in [-0.05, 0) is 36.4 Å². The summed E-state index contributed by atoms with van der Waals surface area (Å²) in [6.45, 7) is 0. The maximum absolute atomic E-state index is 13.0. The van der Waals surface area contributed by atoms with E-state index in [0.717, 1.165) is 18.2 Å². The standard InChI is InChI=1S/C20H15F3N2O5/c1-29-14-7-6-11(16(10-14)30-2)8-15-17(26)24-19(28)25(18(15)27)13-5-3-4-12(9-13)20(21,22)23/h3-10H,1-2H3,(H,24,26,28). The molecule has 1 aliphatic heterocycles. The minimum absolute atomic E-state index is 0.282. The first kappa shape index (κ1) is 20.9. The Balaban J connectivity index is 2.05. The Morgan fingerprint density at radius 2 is 1.73 bits per heavy atom. The van der Waals surface area contributed by atoms with Gasteiger partial charge in [0, 0.05) is 11.6 Å². The number of urea groups is 1. The van der Waals surface area contributed by atoms with Gasteiger partial charge in [0.1, 0.15) is 17.1 Å². The van der Waals surface area contributed by atoms with Gasteiger partial charge in [-0.1, -0.05) is 6.07 Å². The number of amides is 4. The van der Waals surface area contributed by atoms with E-state index in [1.807, 2.05) is 5.32 Å². The van der Waals surface area contributed by atoms with Crippen LogP contribution in [0.2, 0.25) is 0 Å². The predicted molar refractivity (Wildman–Crippen MR) is 100.0 cm³/mol. The number of nitrogens with one attached hydrogen (secondary N) is 1. The maximum atomic E-state index is 13.0. The molecule has 0 spiro atoms. The highest BCUT2D eigenvalue weighted by Gasteiger charge is 2.38. The molecule has 156 valence electrons. The molecule has 30 heavy (non-hydrogen) atoms. The number of alkyl halides is 3. The van der Waals surface area contributed by atoms with Gasteiger partial charge in [0.05, 0.1) is 25.5 Å². The Morgan fingerprint density at radius 1 is 1.00 bits per heavy atom. The van der Waals surface area contributed by atoms with Crippen LogP contribution >= 0.6 is 0 Å². The molecule has 1 heterocycles. The van der Waals surface area contributed by atoms with Crippen molar-refractivity contribution in [2.45, 2.75) is 6.18 Å². The first-order valence-electron chi connectivity index (χ1n) is 8.46. The van der Waals surface area contributed by atoms with Crippen molar-refractivity contribution in [3.63, 3.8) is 0 Å². The summed E-state index contributed by atoms with van der Waals surface area (Å²) < 4.78 is 49.3. The average molecular weight is 420 g/mol. The SMILES string of the molecule is COc1ccc(C=C2C(=O)NC(=O)N(c3cccc(C(F)(F)F)c3)C2=O)c(OC)c1. The molecule has 1 aliphatic rings. The third-order valence-electron chi connectivity index (χ3n) is 4.27. The molecule has 1 N–H and O–H groups in total. The van der Waals surface area contributed by atoms with E-state index in [1.54, 1.807) is 6.07 Å². The van der Waals surface area contributed by atoms with Crippen LogP contribution in [0.1, 0.15) is 11.1 Å². The molecule has 1 saturated heterocycles. The van der Waals surface area contributed by atoms with Crippen molar-refractivity contribution in [1.82, 2.24) is 5.32 Å². The minimum Gasteiger partial charge on any atom is -0.497 e. The third-order valence-corrected chi connectivity index (χ3v) is 4.27. The Bertz CT molecular complexity index is 1060. The molecule has 4 amide bonds. The number of imide groups is 2. The summed E-state index contributed by atoms with van der Waals surface area (Å²) in [5, 5.41) is 1.96. The zero-order valence-electron chi connectivity index (χ0n) is 15.7. The molecule has 3 rings (SSSR count). The second-order valence-corrected chi connectivity index (χ2v) is 6.11. The maximum Gasteiger partial charge on any atom is 0.416 e. The number of hydrogen-bond donors (Lipinski definition) is 1. The first-order chi connectivity index (χ1) is 14.2. The zero-order chi connectivity index (χ0) is 22.1. The highest BCUT2D eigenvalue weighted by molar-refractivity contribution is 6.39. The largest absolute Gasteiger partial charge is 0.497 e. The zero-order valence-corrected chi connectivity index (χ0v) is 15.7. The van der Waals surface area contributed by atoms with Crippen LogP contribution in [0.5, 0.6) is 11.5 Å². The predicted octanol–water partition coefficient (Wildman–Crippen LogP) is 3.39. The minimum atomic E-state index is -4.67. The smallest absolute Gasteiger partial charge is 0.416 e. The van der Waals surface area contributed by atoms with Gasteiger partial charge in [-0.15, -0.1) is 0 Å². The van der Waals surface area contributed by atoms with Gasteiger partial charge in [0.2, 0.25) is 0 Å². The Labute approximate surface area is 168 Å². The van der Waals surface area contributed by atoms with Crippen molar-refractivity contribution in [2.75, 3.05) is 19.1 Å². The fourth-order valence-corrected chi connectivity index (χ4v) is 2.81. The number of nitrogens with zero attached hydrogens (tertiary/aromatic N) is 1. The molecule has 0 atom stereocenters. The summed E-state index contributed by atoms with van der Waals surface area (Å²) in [5.74, 6) is -1.30. The second-order valence-electron chi connectivity index (χ2n) is 6.11. The highest BCUT2D eigenvalue weighted by Crippen LogP contribution is 2.33. The lowest BCUT2D eigenvalue weighted by Gasteiger charge is -2.27. The summed E-state index contributed by atoms with van der Waals surface area (Å²) in [4.78, 5) is 37.8. The number of rotatable bonds is 4. The van der Waals surface area contributed by atoms with E-state index in [-0.39, 0.29) is 11.4 Å². The highest BCUT2D eigenvalue weighted by atomic mass is 19.4. The third kappa shape index (κ3) is 3.97. The number of methoxy groups -OCH3 is 2. The van der Waals surface area contributed by atoms with E-state index in [2.05, 4.69) is 0 Å². The number of ether oxygens (including phenoxy) is 2. The molecule has 10 heteroatoms. The molecule has 0 radical (unpaired) electrons. The topological polar surface area (TPSA) is 84.9 Å². The molecule has 0 aliphatic carbocycles. The molecule has 1 fully saturated rings. The molecule has 0 unspecified atom stereocenters. The number of hydrogen-bond acceptors (Lipinski definition) is 5. The molecule has 2 aromatic rings. The number of carbonyl (C=O) groups excluding carboxylic acids is 3. The van der Waals surface area contributed by atoms with Gasteiger partial charge in [-0.3, -0.25) is 14.9 Å². The van der Waals surface area contributed by atoms with Gasteiger partial charge < -0.3 is 9.47 Å². The van der Waals surface area contributed by atoms with E-state index >= 15 is 0 Å². The van der Waals surface area contributed by atoms with Gasteiger partial charge in [0.25, 0.3) is 11.8 Å². The van der Waals surface area contributed by atoms with Crippen molar-refractivity contribution in [2.24, 2.45) is 0 Å². The van der Waals surface area contributed by atoms with Crippen LogP contribution < -0.4 is 19.7 Å². The van der Waals surface area contributed by atoms with E-state index < -0.39 is 35.2 Å². The summed E-state index contributed by atoms with van der Waals surface area (Å²) in [6, 6.07) is 7.14.